The van der Waals surface area contributed by atoms with Crippen LogP contribution in [0.25, 0.3) is 0 Å². The molecule has 456 valence electrons. The van der Waals surface area contributed by atoms with Crippen LogP contribution in [0.5, 0.6) is 5.75 Å². The largest absolute Gasteiger partial charge is 0.481 e. The van der Waals surface area contributed by atoms with Gasteiger partial charge in [-0.2, -0.15) is 9.44 Å². The van der Waals surface area contributed by atoms with Gasteiger partial charge in [0.2, 0.25) is 31.9 Å². The number of urea groups is 1. The molecule has 0 aliphatic heterocycles. The number of carboxylic acid groups (broad SMARTS) is 2. The molecule has 88 heavy (non-hydrogen) atoms. The number of carbonyl (C=O) groups excluding carboxylic acids is 4. The van der Waals surface area contributed by atoms with Crippen molar-refractivity contribution in [2.45, 2.75) is 80.4 Å². The lowest BCUT2D eigenvalue weighted by Crippen LogP contribution is -2.53. The van der Waals surface area contributed by atoms with Gasteiger partial charge in [-0.15, -0.1) is 0 Å². The maximum Gasteiger partial charge on any atom is 0.338 e. The van der Waals surface area contributed by atoms with Gasteiger partial charge in [-0.25, -0.2) is 36.0 Å². The highest BCUT2D eigenvalue weighted by molar-refractivity contribution is 7.89. The Balaban J connectivity index is 0.000000286. The van der Waals surface area contributed by atoms with E-state index in [-0.39, 0.29) is 48.6 Å². The number of esters is 1. The molecule has 0 radical (unpaired) electrons. The van der Waals surface area contributed by atoms with Crippen LogP contribution in [0.4, 0.5) is 4.79 Å². The molecule has 22 heteroatoms. The molecule has 0 unspecified atom stereocenters. The summed E-state index contributed by atoms with van der Waals surface area (Å²) < 4.78 is 68.0. The number of carbonyl (C=O) groups is 6. The second kappa shape index (κ2) is 33.0. The number of hydrogen-bond donors (Lipinski definition) is 8. The number of aryl methyl sites for hydroxylation is 2. The van der Waals surface area contributed by atoms with Gasteiger partial charge in [-0.05, 0) is 129 Å². The predicted molar refractivity (Wildman–Crippen MR) is 330 cm³/mol. The fraction of sp³-hybridized carbons (Fsp3) is 0.212. The van der Waals surface area contributed by atoms with Crippen LogP contribution in [0.3, 0.4) is 0 Å². The molecular weight excluding hydrogens is 1160 g/mol. The van der Waals surface area contributed by atoms with Gasteiger partial charge in [-0.1, -0.05) is 144 Å². The van der Waals surface area contributed by atoms with Crippen molar-refractivity contribution in [3.05, 3.63) is 232 Å². The van der Waals surface area contributed by atoms with E-state index in [2.05, 4.69) is 49.1 Å². The summed E-state index contributed by atoms with van der Waals surface area (Å²) in [5, 5.41) is 27.1. The molecule has 0 heterocycles. The standard InChI is InChI=1S/C37H36N2O8S.C29H30N4O6S/c1-3-46-37(43)30-17-19-31(20-18-30)47-23-7-10-27-13-15-29(16-14-27)25-34(36(41)42)38-35(40)33(24-28-8-5-4-6-9-28)39-48(44,45)32-21-11-26(2)12-22-32;1-20-9-15-24(16-10-20)40(38,39)33-25(18-22-6-3-2-4-7-22)27(34)32-26(28(35)36)19-23-13-11-21(12-14-23)8-5-17-31-29(30)37/h4-6,8-9,11-22,33-34,39H,3,23-25H2,1-2H3,(H,38,40)(H,41,42);2-4,6-7,9-16,25-26,33H,17-19H2,1H3,(H,32,34)(H,35,36)(H3,30,31,37)/t33-,34-;25-,26-/m00/s1. The highest BCUT2D eigenvalue weighted by atomic mass is 32.2. The number of carboxylic acids is 2. The molecule has 7 rings (SSSR count). The number of ether oxygens (including phenoxy) is 2. The van der Waals surface area contributed by atoms with Gasteiger partial charge >= 0.3 is 23.9 Å². The van der Waals surface area contributed by atoms with Crippen molar-refractivity contribution in [3.8, 4) is 29.4 Å². The zero-order valence-corrected chi connectivity index (χ0v) is 49.9. The summed E-state index contributed by atoms with van der Waals surface area (Å²) in [6.07, 6.45) is -0.0502. The van der Waals surface area contributed by atoms with Gasteiger partial charge in [0.25, 0.3) is 0 Å². The third-order valence-corrected chi connectivity index (χ3v) is 15.9. The van der Waals surface area contributed by atoms with Gasteiger partial charge in [0, 0.05) is 24.0 Å². The number of aliphatic carboxylic acids is 2. The Morgan fingerprint density at radius 2 is 0.886 bits per heavy atom. The second-order valence-electron chi connectivity index (χ2n) is 19.8. The molecule has 0 aromatic heterocycles. The number of primary amides is 1. The van der Waals surface area contributed by atoms with Gasteiger partial charge < -0.3 is 41.4 Å². The van der Waals surface area contributed by atoms with Crippen molar-refractivity contribution in [3.63, 3.8) is 0 Å². The van der Waals surface area contributed by atoms with E-state index in [0.717, 1.165) is 11.1 Å². The molecule has 0 bridgehead atoms. The summed E-state index contributed by atoms with van der Waals surface area (Å²) in [4.78, 5) is 73.4. The number of rotatable bonds is 25. The summed E-state index contributed by atoms with van der Waals surface area (Å²) in [7, 11) is -8.17. The molecule has 7 aromatic rings. The smallest absolute Gasteiger partial charge is 0.338 e. The number of benzene rings is 7. The number of nitrogens with one attached hydrogen (secondary N) is 5. The summed E-state index contributed by atoms with van der Waals surface area (Å²) in [6.45, 7) is 5.88. The van der Waals surface area contributed by atoms with Crippen molar-refractivity contribution >= 4 is 55.8 Å². The summed E-state index contributed by atoms with van der Waals surface area (Å²) >= 11 is 0. The monoisotopic (exact) mass is 1230 g/mol. The number of sulfonamides is 2. The van der Waals surface area contributed by atoms with E-state index >= 15 is 0 Å². The van der Waals surface area contributed by atoms with Crippen molar-refractivity contribution in [1.82, 2.24) is 25.4 Å². The van der Waals surface area contributed by atoms with Gasteiger partial charge in [0.15, 0.2) is 0 Å². The third kappa shape index (κ3) is 22.1. The van der Waals surface area contributed by atoms with E-state index in [4.69, 9.17) is 15.2 Å². The summed E-state index contributed by atoms with van der Waals surface area (Å²) in [6, 6.07) is 44.4. The molecule has 4 amide bonds. The molecule has 9 N–H and O–H groups in total. The highest BCUT2D eigenvalue weighted by Gasteiger charge is 2.32. The number of hydrogen-bond acceptors (Lipinski definition) is 12. The zero-order chi connectivity index (χ0) is 63.6. The predicted octanol–water partition coefficient (Wildman–Crippen LogP) is 6.02. The Kier molecular flexibility index (Phi) is 25.1. The van der Waals surface area contributed by atoms with Gasteiger partial charge in [0.05, 0.1) is 28.5 Å². The Bertz CT molecular complexity index is 3870. The first kappa shape index (κ1) is 67.0. The third-order valence-electron chi connectivity index (χ3n) is 13.0. The molecule has 7 aromatic carbocycles. The molecular formula is C66H66N6O14S2. The fourth-order valence-corrected chi connectivity index (χ4v) is 10.7. The quantitative estimate of drug-likeness (QED) is 0.0240. The van der Waals surface area contributed by atoms with Crippen LogP contribution >= 0.6 is 0 Å². The topological polar surface area (TPSA) is 316 Å². The van der Waals surface area contributed by atoms with Crippen LogP contribution in [-0.2, 0) is 69.6 Å². The Morgan fingerprint density at radius 1 is 0.500 bits per heavy atom. The molecule has 20 nitrogen and oxygen atoms in total. The minimum atomic E-state index is -4.09. The van der Waals surface area contributed by atoms with E-state index in [1.807, 2.05) is 13.8 Å². The van der Waals surface area contributed by atoms with E-state index in [0.29, 0.717) is 51.3 Å². The maximum atomic E-state index is 13.4. The lowest BCUT2D eigenvalue weighted by atomic mass is 10.0. The van der Waals surface area contributed by atoms with Crippen LogP contribution in [0.2, 0.25) is 0 Å². The van der Waals surface area contributed by atoms with E-state index < -0.39 is 80.0 Å². The minimum absolute atomic E-state index is 0.00631. The number of nitrogens with two attached hydrogens (primary N) is 1. The van der Waals surface area contributed by atoms with Crippen LogP contribution in [0, 0.1) is 37.5 Å². The van der Waals surface area contributed by atoms with Crippen LogP contribution in [0.15, 0.2) is 192 Å². The zero-order valence-electron chi connectivity index (χ0n) is 48.3. The molecule has 0 saturated heterocycles. The Hall–Kier alpha value is -10.1. The Labute approximate surface area is 511 Å². The second-order valence-corrected chi connectivity index (χ2v) is 23.2. The van der Waals surface area contributed by atoms with Crippen molar-refractivity contribution in [2.24, 2.45) is 5.73 Å². The molecule has 0 aliphatic carbocycles. The molecule has 0 saturated carbocycles. The Morgan fingerprint density at radius 3 is 1.27 bits per heavy atom. The van der Waals surface area contributed by atoms with Crippen LogP contribution in [0.1, 0.15) is 61.8 Å². The van der Waals surface area contributed by atoms with Gasteiger partial charge in [-0.3, -0.25) is 9.59 Å². The molecule has 0 fully saturated rings. The van der Waals surface area contributed by atoms with E-state index in [1.165, 1.54) is 24.3 Å². The average molecular weight is 1230 g/mol. The highest BCUT2D eigenvalue weighted by Crippen LogP contribution is 2.18. The van der Waals surface area contributed by atoms with E-state index in [9.17, 15) is 55.8 Å². The number of amides is 4. The van der Waals surface area contributed by atoms with Crippen LogP contribution < -0.4 is 35.9 Å². The first-order valence-corrected chi connectivity index (χ1v) is 30.4. The first-order valence-electron chi connectivity index (χ1n) is 27.5. The normalized spacial score (nSPS) is 12.2. The SMILES string of the molecule is CCOC(=O)c1ccc(OCC#Cc2ccc(C[C@H](NC(=O)[C@H](Cc3ccccc3)NS(=O)(=O)c3ccc(C)cc3)C(=O)O)cc2)cc1.Cc1ccc(S(=O)(=O)N[C@@H](Cc2ccccc2)C(=O)N[C@@H](Cc2ccc(C#CCNC(N)=O)cc2)C(=O)O)cc1. The van der Waals surface area contributed by atoms with Crippen LogP contribution in [-0.4, -0.2) is 107 Å². The fourth-order valence-electron chi connectivity index (χ4n) is 8.32. The minimum Gasteiger partial charge on any atom is -0.481 e. The van der Waals surface area contributed by atoms with E-state index in [1.54, 1.807) is 165 Å². The average Bonchev–Trinajstić information content (AvgIpc) is 3.67. The lowest BCUT2D eigenvalue weighted by molar-refractivity contribution is -0.142. The molecule has 0 aliphatic rings. The summed E-state index contributed by atoms with van der Waals surface area (Å²) in [5.41, 5.74) is 11.1. The van der Waals surface area contributed by atoms with Crippen molar-refractivity contribution < 1.29 is 65.3 Å². The van der Waals surface area contributed by atoms with Crippen molar-refractivity contribution in [2.75, 3.05) is 19.8 Å². The lowest BCUT2D eigenvalue weighted by Gasteiger charge is -2.22. The van der Waals surface area contributed by atoms with Gasteiger partial charge in [0.1, 0.15) is 36.5 Å². The molecule has 4 atom stereocenters. The maximum absolute atomic E-state index is 13.4. The molecule has 0 spiro atoms. The summed E-state index contributed by atoms with van der Waals surface area (Å²) in [5.74, 6) is 7.53. The first-order chi connectivity index (χ1) is 42.1. The van der Waals surface area contributed by atoms with Crippen molar-refractivity contribution in [1.29, 1.82) is 0 Å².